The lowest BCUT2D eigenvalue weighted by molar-refractivity contribution is -0.540. The third-order valence-corrected chi connectivity index (χ3v) is 5.17. The molecule has 0 unspecified atom stereocenters. The zero-order valence-electron chi connectivity index (χ0n) is 15.1. The molecule has 3 aromatic rings. The Hall–Kier alpha value is -3.47. The van der Waals surface area contributed by atoms with E-state index in [-0.39, 0.29) is 17.1 Å². The van der Waals surface area contributed by atoms with E-state index in [1.54, 1.807) is 30.3 Å². The minimum Gasteiger partial charge on any atom is -0.478 e. The number of para-hydroxylation sites is 1. The quantitative estimate of drug-likeness (QED) is 0.365. The van der Waals surface area contributed by atoms with Gasteiger partial charge in [0.05, 0.1) is 5.92 Å². The summed E-state index contributed by atoms with van der Waals surface area (Å²) in [6.07, 6.45) is -0.695. The van der Waals surface area contributed by atoms with Crippen LogP contribution in [0.1, 0.15) is 39.9 Å². The molecule has 0 saturated heterocycles. The lowest BCUT2D eigenvalue weighted by Gasteiger charge is -2.34. The van der Waals surface area contributed by atoms with Crippen LogP contribution in [0.3, 0.4) is 0 Å². The van der Waals surface area contributed by atoms with Gasteiger partial charge >= 0.3 is 0 Å². The number of fused-ring (bicyclic) bond motifs is 1. The number of ether oxygens (including phenoxy) is 1. The van der Waals surface area contributed by atoms with Crippen molar-refractivity contribution in [3.8, 4) is 5.75 Å². The fourth-order valence-electron chi connectivity index (χ4n) is 3.83. The molecule has 0 fully saturated rings. The highest BCUT2D eigenvalue weighted by molar-refractivity contribution is 5.96. The zero-order valence-corrected chi connectivity index (χ0v) is 15.1. The Balaban J connectivity index is 1.76. The number of nitrogens with zero attached hydrogens (tertiary/aromatic N) is 1. The van der Waals surface area contributed by atoms with Crippen molar-refractivity contribution < 1.29 is 14.5 Å². The molecule has 0 radical (unpaired) electrons. The second-order valence-electron chi connectivity index (χ2n) is 6.86. The molecule has 3 atom stereocenters. The van der Waals surface area contributed by atoms with Crippen LogP contribution in [0.2, 0.25) is 0 Å². The van der Waals surface area contributed by atoms with Crippen LogP contribution in [0, 0.1) is 10.1 Å². The van der Waals surface area contributed by atoms with Crippen LogP contribution in [0.4, 0.5) is 0 Å². The van der Waals surface area contributed by atoms with Gasteiger partial charge in [-0.25, -0.2) is 0 Å². The number of rotatable bonds is 5. The summed E-state index contributed by atoms with van der Waals surface area (Å²) in [6.45, 7) is 0. The van der Waals surface area contributed by atoms with E-state index in [0.717, 1.165) is 5.56 Å². The summed E-state index contributed by atoms with van der Waals surface area (Å²) in [6, 6.07) is 24.3. The minimum atomic E-state index is -1.05. The molecular weight excluding hydrogens is 354 g/mol. The fourth-order valence-corrected chi connectivity index (χ4v) is 3.83. The molecule has 140 valence electrons. The van der Waals surface area contributed by atoms with Crippen LogP contribution in [0.25, 0.3) is 0 Å². The third-order valence-electron chi connectivity index (χ3n) is 5.17. The van der Waals surface area contributed by atoms with E-state index >= 15 is 0 Å². The van der Waals surface area contributed by atoms with Crippen molar-refractivity contribution in [2.24, 2.45) is 0 Å². The number of hydrogen-bond acceptors (Lipinski definition) is 4. The van der Waals surface area contributed by atoms with Crippen LogP contribution in [-0.4, -0.2) is 16.7 Å². The van der Waals surface area contributed by atoms with Crippen LogP contribution in [0.15, 0.2) is 84.9 Å². The maximum absolute atomic E-state index is 12.9. The molecule has 0 spiro atoms. The van der Waals surface area contributed by atoms with E-state index in [2.05, 4.69) is 0 Å². The molecule has 4 rings (SSSR count). The zero-order chi connectivity index (χ0) is 19.5. The van der Waals surface area contributed by atoms with Gasteiger partial charge in [0.1, 0.15) is 5.75 Å². The first kappa shape index (κ1) is 17.9. The van der Waals surface area contributed by atoms with Crippen molar-refractivity contribution in [3.63, 3.8) is 0 Å². The number of nitro groups is 1. The van der Waals surface area contributed by atoms with Crippen LogP contribution in [0.5, 0.6) is 5.75 Å². The second-order valence-corrected chi connectivity index (χ2v) is 6.86. The lowest BCUT2D eigenvalue weighted by Crippen LogP contribution is -2.41. The molecule has 0 bridgehead atoms. The summed E-state index contributed by atoms with van der Waals surface area (Å²) in [5.74, 6) is -0.0841. The van der Waals surface area contributed by atoms with Crippen molar-refractivity contribution in [1.82, 2.24) is 0 Å². The van der Waals surface area contributed by atoms with E-state index in [1.165, 1.54) is 0 Å². The SMILES string of the molecule is O=C(C[C@@H]1c2ccccc2O[C@H](c2ccccc2)[C@H]1[N+](=O)[O-])c1ccccc1. The Morgan fingerprint density at radius 2 is 1.50 bits per heavy atom. The number of ketones is 1. The normalized spacial score (nSPS) is 20.6. The molecule has 1 aliphatic heterocycles. The predicted molar refractivity (Wildman–Crippen MR) is 105 cm³/mol. The number of benzene rings is 3. The standard InChI is InChI=1S/C23H19NO4/c25-20(16-9-3-1-4-10-16)15-19-18-13-7-8-14-21(18)28-23(22(19)24(26)27)17-11-5-2-6-12-17/h1-14,19,22-23H,15H2/t19-,22+,23-/m1/s1. The molecule has 0 aliphatic carbocycles. The van der Waals surface area contributed by atoms with E-state index in [0.29, 0.717) is 16.9 Å². The number of carbonyl (C=O) groups excluding carboxylic acids is 1. The van der Waals surface area contributed by atoms with Crippen LogP contribution < -0.4 is 4.74 Å². The summed E-state index contributed by atoms with van der Waals surface area (Å²) < 4.78 is 6.06. The van der Waals surface area contributed by atoms with E-state index in [1.807, 2.05) is 54.6 Å². The smallest absolute Gasteiger partial charge is 0.260 e. The minimum absolute atomic E-state index is 0.0549. The van der Waals surface area contributed by atoms with Gasteiger partial charge in [-0.3, -0.25) is 14.9 Å². The predicted octanol–water partition coefficient (Wildman–Crippen LogP) is 4.82. The lowest BCUT2D eigenvalue weighted by atomic mass is 9.79. The molecule has 0 N–H and O–H groups in total. The highest BCUT2D eigenvalue weighted by Gasteiger charge is 2.47. The molecule has 5 nitrogen and oxygen atoms in total. The average Bonchev–Trinajstić information content (AvgIpc) is 2.74. The van der Waals surface area contributed by atoms with Gasteiger partial charge in [-0.1, -0.05) is 78.9 Å². The highest BCUT2D eigenvalue weighted by atomic mass is 16.6. The molecule has 0 amide bonds. The first-order chi connectivity index (χ1) is 13.6. The summed E-state index contributed by atoms with van der Waals surface area (Å²) in [7, 11) is 0. The largest absolute Gasteiger partial charge is 0.478 e. The van der Waals surface area contributed by atoms with Crippen LogP contribution >= 0.6 is 0 Å². The molecule has 5 heteroatoms. The van der Waals surface area contributed by atoms with E-state index < -0.39 is 18.1 Å². The second kappa shape index (κ2) is 7.64. The number of Topliss-reactive ketones (excluding diaryl/α,β-unsaturated/α-hetero) is 1. The van der Waals surface area contributed by atoms with Gasteiger partial charge in [-0.05, 0) is 11.6 Å². The van der Waals surface area contributed by atoms with Crippen molar-refractivity contribution in [3.05, 3.63) is 112 Å². The molecule has 1 aliphatic rings. The molecular formula is C23H19NO4. The number of hydrogen-bond donors (Lipinski definition) is 0. The monoisotopic (exact) mass is 373 g/mol. The highest BCUT2D eigenvalue weighted by Crippen LogP contribution is 2.45. The van der Waals surface area contributed by atoms with Gasteiger partial charge in [0.15, 0.2) is 11.9 Å². The van der Waals surface area contributed by atoms with Crippen molar-refractivity contribution in [1.29, 1.82) is 0 Å². The Labute approximate surface area is 162 Å². The molecule has 28 heavy (non-hydrogen) atoms. The van der Waals surface area contributed by atoms with E-state index in [4.69, 9.17) is 4.74 Å². The Bertz CT molecular complexity index is 988. The molecule has 1 heterocycles. The van der Waals surface area contributed by atoms with Crippen LogP contribution in [-0.2, 0) is 0 Å². The van der Waals surface area contributed by atoms with Crippen molar-refractivity contribution in [2.75, 3.05) is 0 Å². The molecule has 0 saturated carbocycles. The first-order valence-electron chi connectivity index (χ1n) is 9.17. The van der Waals surface area contributed by atoms with Gasteiger partial charge < -0.3 is 4.74 Å². The van der Waals surface area contributed by atoms with E-state index in [9.17, 15) is 14.9 Å². The Morgan fingerprint density at radius 3 is 2.18 bits per heavy atom. The first-order valence-corrected chi connectivity index (χ1v) is 9.17. The maximum Gasteiger partial charge on any atom is 0.260 e. The summed E-state index contributed by atoms with van der Waals surface area (Å²) in [5.41, 5.74) is 2.00. The van der Waals surface area contributed by atoms with Crippen molar-refractivity contribution >= 4 is 5.78 Å². The Kier molecular flexibility index (Phi) is 4.89. The summed E-state index contributed by atoms with van der Waals surface area (Å²) in [5, 5.41) is 12.1. The summed E-state index contributed by atoms with van der Waals surface area (Å²) >= 11 is 0. The fraction of sp³-hybridized carbons (Fsp3) is 0.174. The Morgan fingerprint density at radius 1 is 0.893 bits per heavy atom. The van der Waals surface area contributed by atoms with Crippen molar-refractivity contribution in [2.45, 2.75) is 24.5 Å². The average molecular weight is 373 g/mol. The molecule has 3 aromatic carbocycles. The van der Waals surface area contributed by atoms with Gasteiger partial charge in [0.25, 0.3) is 6.04 Å². The van der Waals surface area contributed by atoms with Gasteiger partial charge in [0.2, 0.25) is 0 Å². The number of carbonyl (C=O) groups is 1. The maximum atomic E-state index is 12.9. The topological polar surface area (TPSA) is 69.4 Å². The summed E-state index contributed by atoms with van der Waals surface area (Å²) in [4.78, 5) is 24.7. The van der Waals surface area contributed by atoms with Gasteiger partial charge in [-0.15, -0.1) is 0 Å². The van der Waals surface area contributed by atoms with Gasteiger partial charge in [-0.2, -0.15) is 0 Å². The third kappa shape index (κ3) is 3.39. The molecule has 0 aromatic heterocycles. The van der Waals surface area contributed by atoms with Gasteiger partial charge in [0, 0.05) is 22.5 Å².